The second-order valence-electron chi connectivity index (χ2n) is 5.07. The van der Waals surface area contributed by atoms with Gasteiger partial charge in [0.2, 0.25) is 11.8 Å². The van der Waals surface area contributed by atoms with Crippen molar-refractivity contribution in [2.45, 2.75) is 32.7 Å². The summed E-state index contributed by atoms with van der Waals surface area (Å²) in [6.07, 6.45) is 6.85. The molecule has 0 bridgehead atoms. The third kappa shape index (κ3) is 2.48. The van der Waals surface area contributed by atoms with Crippen molar-refractivity contribution >= 4 is 11.8 Å². The van der Waals surface area contributed by atoms with Crippen LogP contribution >= 0.6 is 0 Å². The van der Waals surface area contributed by atoms with Gasteiger partial charge in [-0.1, -0.05) is 25.7 Å². The standard InChI is InChI=1S/C15H20N2O2/c1-4-6-12-11(5-2)10(3)9-17(12)13-7-8-14(18)16-15(13)19/h4-6,10,13H,2,7-9H2,1,3H3,(H,16,18,19)/b6-4-. The number of piperidine rings is 1. The molecule has 4 nitrogen and oxygen atoms in total. The Balaban J connectivity index is 2.29. The van der Waals surface area contributed by atoms with Crippen LogP contribution in [-0.4, -0.2) is 29.3 Å². The maximum Gasteiger partial charge on any atom is 0.249 e. The molecule has 2 unspecified atom stereocenters. The van der Waals surface area contributed by atoms with Gasteiger partial charge in [-0.25, -0.2) is 0 Å². The van der Waals surface area contributed by atoms with E-state index in [9.17, 15) is 9.59 Å². The molecule has 1 saturated heterocycles. The van der Waals surface area contributed by atoms with E-state index < -0.39 is 0 Å². The lowest BCUT2D eigenvalue weighted by atomic mass is 10.0. The molecule has 0 aromatic heterocycles. The number of carbonyl (C=O) groups excluding carboxylic acids is 2. The molecule has 2 atom stereocenters. The van der Waals surface area contributed by atoms with Crippen LogP contribution in [0.2, 0.25) is 0 Å². The quantitative estimate of drug-likeness (QED) is 0.787. The maximum atomic E-state index is 12.0. The molecular formula is C15H20N2O2. The minimum Gasteiger partial charge on any atom is -0.359 e. The van der Waals surface area contributed by atoms with Crippen LogP contribution in [0.15, 0.2) is 36.1 Å². The highest BCUT2D eigenvalue weighted by molar-refractivity contribution is 6.00. The maximum absolute atomic E-state index is 12.0. The van der Waals surface area contributed by atoms with E-state index in [2.05, 4.69) is 23.7 Å². The van der Waals surface area contributed by atoms with Crippen molar-refractivity contribution in [1.29, 1.82) is 0 Å². The summed E-state index contributed by atoms with van der Waals surface area (Å²) < 4.78 is 0. The van der Waals surface area contributed by atoms with Crippen molar-refractivity contribution in [3.63, 3.8) is 0 Å². The van der Waals surface area contributed by atoms with Crippen LogP contribution in [0.25, 0.3) is 0 Å². The molecule has 2 amide bonds. The minimum absolute atomic E-state index is 0.172. The fourth-order valence-electron chi connectivity index (χ4n) is 2.84. The Morgan fingerprint density at radius 1 is 1.42 bits per heavy atom. The molecule has 2 aliphatic heterocycles. The van der Waals surface area contributed by atoms with Crippen molar-refractivity contribution in [1.82, 2.24) is 10.2 Å². The Kier molecular flexibility index (Phi) is 3.88. The summed E-state index contributed by atoms with van der Waals surface area (Å²) in [5.41, 5.74) is 2.22. The first-order valence-corrected chi connectivity index (χ1v) is 6.68. The topological polar surface area (TPSA) is 49.4 Å². The molecule has 102 valence electrons. The first-order chi connectivity index (χ1) is 9.08. The Bertz CT molecular complexity index is 477. The number of hydrogen-bond acceptors (Lipinski definition) is 3. The summed E-state index contributed by atoms with van der Waals surface area (Å²) in [5, 5.41) is 2.42. The highest BCUT2D eigenvalue weighted by Crippen LogP contribution is 2.33. The summed E-state index contributed by atoms with van der Waals surface area (Å²) in [6, 6.07) is -0.246. The highest BCUT2D eigenvalue weighted by atomic mass is 16.2. The van der Waals surface area contributed by atoms with E-state index in [1.54, 1.807) is 0 Å². The number of rotatable bonds is 3. The summed E-state index contributed by atoms with van der Waals surface area (Å²) in [6.45, 7) is 8.75. The van der Waals surface area contributed by atoms with E-state index in [1.807, 2.05) is 25.2 Å². The van der Waals surface area contributed by atoms with Gasteiger partial charge >= 0.3 is 0 Å². The lowest BCUT2D eigenvalue weighted by Gasteiger charge is -2.32. The van der Waals surface area contributed by atoms with Crippen molar-refractivity contribution in [2.75, 3.05) is 6.54 Å². The summed E-state index contributed by atoms with van der Waals surface area (Å²) in [4.78, 5) is 25.3. The molecule has 0 saturated carbocycles. The molecule has 2 aliphatic rings. The van der Waals surface area contributed by atoms with Crippen LogP contribution in [0.5, 0.6) is 0 Å². The van der Waals surface area contributed by atoms with Gasteiger partial charge < -0.3 is 4.90 Å². The molecule has 0 aliphatic carbocycles. The Labute approximate surface area is 113 Å². The zero-order chi connectivity index (χ0) is 14.0. The number of hydrogen-bond donors (Lipinski definition) is 1. The summed E-state index contributed by atoms with van der Waals surface area (Å²) in [7, 11) is 0. The second-order valence-corrected chi connectivity index (χ2v) is 5.07. The van der Waals surface area contributed by atoms with Gasteiger partial charge in [0.05, 0.1) is 0 Å². The van der Waals surface area contributed by atoms with Crippen LogP contribution in [0, 0.1) is 5.92 Å². The monoisotopic (exact) mass is 260 g/mol. The summed E-state index contributed by atoms with van der Waals surface area (Å²) in [5.74, 6) is -0.00102. The van der Waals surface area contributed by atoms with E-state index in [0.29, 0.717) is 18.8 Å². The van der Waals surface area contributed by atoms with Crippen LogP contribution in [0.1, 0.15) is 26.7 Å². The molecule has 0 spiro atoms. The van der Waals surface area contributed by atoms with E-state index in [-0.39, 0.29) is 17.9 Å². The number of nitrogens with one attached hydrogen (secondary N) is 1. The van der Waals surface area contributed by atoms with Gasteiger partial charge in [0, 0.05) is 24.6 Å². The predicted molar refractivity (Wildman–Crippen MR) is 74.1 cm³/mol. The largest absolute Gasteiger partial charge is 0.359 e. The average Bonchev–Trinajstić information content (AvgIpc) is 2.66. The Hall–Kier alpha value is -1.84. The molecule has 2 rings (SSSR count). The van der Waals surface area contributed by atoms with E-state index in [4.69, 9.17) is 0 Å². The molecular weight excluding hydrogens is 240 g/mol. The molecule has 19 heavy (non-hydrogen) atoms. The predicted octanol–water partition coefficient (Wildman–Crippen LogP) is 1.76. The average molecular weight is 260 g/mol. The van der Waals surface area contributed by atoms with Crippen molar-refractivity contribution in [3.05, 3.63) is 36.1 Å². The van der Waals surface area contributed by atoms with E-state index in [0.717, 1.165) is 12.2 Å². The normalized spacial score (nSPS) is 28.2. The first-order valence-electron chi connectivity index (χ1n) is 6.68. The third-order valence-electron chi connectivity index (χ3n) is 3.74. The first kappa shape index (κ1) is 13.6. The zero-order valence-corrected chi connectivity index (χ0v) is 11.5. The molecule has 0 radical (unpaired) electrons. The molecule has 0 aromatic rings. The van der Waals surface area contributed by atoms with Crippen molar-refractivity contribution < 1.29 is 9.59 Å². The Morgan fingerprint density at radius 3 is 2.74 bits per heavy atom. The fraction of sp³-hybridized carbons (Fsp3) is 0.467. The number of allylic oxidation sites excluding steroid dienone is 3. The lowest BCUT2D eigenvalue weighted by molar-refractivity contribution is -0.136. The number of amides is 2. The fourth-order valence-corrected chi connectivity index (χ4v) is 2.84. The summed E-state index contributed by atoms with van der Waals surface area (Å²) >= 11 is 0. The van der Waals surface area contributed by atoms with Gasteiger partial charge in [-0.2, -0.15) is 0 Å². The Morgan fingerprint density at radius 2 is 2.16 bits per heavy atom. The SMILES string of the molecule is C=CC1=C(/C=C\C)N(C2CCC(=O)NC2=O)CC1C. The second kappa shape index (κ2) is 5.43. The van der Waals surface area contributed by atoms with Gasteiger partial charge in [-0.05, 0) is 25.0 Å². The minimum atomic E-state index is -0.246. The molecule has 1 fully saturated rings. The molecule has 1 N–H and O–H groups in total. The van der Waals surface area contributed by atoms with Gasteiger partial charge in [-0.15, -0.1) is 0 Å². The van der Waals surface area contributed by atoms with E-state index in [1.165, 1.54) is 5.57 Å². The molecule has 2 heterocycles. The van der Waals surface area contributed by atoms with Gasteiger partial charge in [0.15, 0.2) is 0 Å². The van der Waals surface area contributed by atoms with Crippen LogP contribution in [0.4, 0.5) is 0 Å². The smallest absolute Gasteiger partial charge is 0.249 e. The van der Waals surface area contributed by atoms with Crippen molar-refractivity contribution in [2.24, 2.45) is 5.92 Å². The number of carbonyl (C=O) groups is 2. The highest BCUT2D eigenvalue weighted by Gasteiger charge is 2.37. The van der Waals surface area contributed by atoms with Crippen LogP contribution < -0.4 is 5.32 Å². The van der Waals surface area contributed by atoms with E-state index >= 15 is 0 Å². The van der Waals surface area contributed by atoms with Gasteiger partial charge in [0.1, 0.15) is 6.04 Å². The van der Waals surface area contributed by atoms with Gasteiger partial charge in [0.25, 0.3) is 0 Å². The molecule has 4 heteroatoms. The lowest BCUT2D eigenvalue weighted by Crippen LogP contribution is -2.51. The van der Waals surface area contributed by atoms with Gasteiger partial charge in [-0.3, -0.25) is 14.9 Å². The third-order valence-corrected chi connectivity index (χ3v) is 3.74. The number of nitrogens with zero attached hydrogens (tertiary/aromatic N) is 1. The van der Waals surface area contributed by atoms with Crippen LogP contribution in [-0.2, 0) is 9.59 Å². The molecule has 0 aromatic carbocycles. The number of imide groups is 1. The van der Waals surface area contributed by atoms with Crippen LogP contribution in [0.3, 0.4) is 0 Å². The van der Waals surface area contributed by atoms with Crippen molar-refractivity contribution in [3.8, 4) is 0 Å². The zero-order valence-electron chi connectivity index (χ0n) is 11.5.